The normalized spacial score (nSPS) is 26.7. The second kappa shape index (κ2) is 5.87. The maximum Gasteiger partial charge on any atom is 0.246 e. The number of piperidine rings is 2. The van der Waals surface area contributed by atoms with E-state index < -0.39 is 21.4 Å². The minimum Gasteiger partial charge on any atom is -0.339 e. The molecule has 1 aromatic rings. The monoisotopic (exact) mass is 340 g/mol. The van der Waals surface area contributed by atoms with Gasteiger partial charge in [0.05, 0.1) is 5.54 Å². The molecule has 2 saturated heterocycles. The van der Waals surface area contributed by atoms with Gasteiger partial charge in [-0.3, -0.25) is 4.79 Å². The predicted molar refractivity (Wildman–Crippen MR) is 83.7 cm³/mol. The van der Waals surface area contributed by atoms with Crippen molar-refractivity contribution in [3.8, 4) is 0 Å². The number of hydrogen-bond acceptors (Lipinski definition) is 3. The van der Waals surface area contributed by atoms with Crippen LogP contribution >= 0.6 is 0 Å². The Bertz CT molecular complexity index is 718. The van der Waals surface area contributed by atoms with Crippen LogP contribution in [0.3, 0.4) is 0 Å². The minimum atomic E-state index is -3.89. The van der Waals surface area contributed by atoms with Crippen LogP contribution in [0.1, 0.15) is 32.1 Å². The predicted octanol–water partition coefficient (Wildman–Crippen LogP) is 1.99. The number of benzene rings is 1. The number of sulfonamides is 1. The third-order valence-electron chi connectivity index (χ3n) is 5.09. The van der Waals surface area contributed by atoms with E-state index in [-0.39, 0.29) is 17.3 Å². The van der Waals surface area contributed by atoms with Crippen LogP contribution in [0.2, 0.25) is 0 Å². The van der Waals surface area contributed by atoms with Crippen LogP contribution in [0.25, 0.3) is 0 Å². The maximum atomic E-state index is 13.9. The average molecular weight is 340 g/mol. The summed E-state index contributed by atoms with van der Waals surface area (Å²) in [5, 5.41) is 0. The van der Waals surface area contributed by atoms with E-state index in [9.17, 15) is 17.6 Å². The summed E-state index contributed by atoms with van der Waals surface area (Å²) in [4.78, 5) is 13.5. The summed E-state index contributed by atoms with van der Waals surface area (Å²) in [5.74, 6) is -0.679. The summed E-state index contributed by atoms with van der Waals surface area (Å²) in [6.07, 6.45) is 3.54. The molecule has 0 N–H and O–H groups in total. The average Bonchev–Trinajstić information content (AvgIpc) is 2.53. The zero-order chi connectivity index (χ0) is 16.7. The van der Waals surface area contributed by atoms with Gasteiger partial charge >= 0.3 is 0 Å². The molecule has 0 saturated carbocycles. The van der Waals surface area contributed by atoms with Gasteiger partial charge in [0.1, 0.15) is 10.7 Å². The van der Waals surface area contributed by atoms with Crippen LogP contribution < -0.4 is 0 Å². The molecule has 1 atom stereocenters. The number of carbonyl (C=O) groups is 1. The van der Waals surface area contributed by atoms with Crippen molar-refractivity contribution in [2.75, 3.05) is 20.1 Å². The van der Waals surface area contributed by atoms with Gasteiger partial charge < -0.3 is 4.90 Å². The molecule has 5 nitrogen and oxygen atoms in total. The van der Waals surface area contributed by atoms with E-state index in [4.69, 9.17) is 0 Å². The fourth-order valence-corrected chi connectivity index (χ4v) is 5.34. The molecule has 0 radical (unpaired) electrons. The lowest BCUT2D eigenvalue weighted by molar-refractivity contribution is -0.141. The first kappa shape index (κ1) is 16.4. The molecule has 7 heteroatoms. The number of halogens is 1. The van der Waals surface area contributed by atoms with E-state index in [1.165, 1.54) is 22.5 Å². The molecule has 0 aliphatic carbocycles. The molecule has 2 heterocycles. The maximum absolute atomic E-state index is 13.9. The molecule has 2 aliphatic rings. The fourth-order valence-electron chi connectivity index (χ4n) is 3.72. The highest BCUT2D eigenvalue weighted by molar-refractivity contribution is 7.89. The standard InChI is InChI=1S/C16H21FN2O3S/c1-18-15(20)8-4-9-16(18)10-5-11-19(12-16)23(21,22)14-7-3-2-6-13(14)17/h2-3,6-7H,4-5,8-12H2,1H3/t16-/m0/s1. The second-order valence-electron chi connectivity index (χ2n) is 6.40. The lowest BCUT2D eigenvalue weighted by Gasteiger charge is -2.50. The van der Waals surface area contributed by atoms with Crippen molar-refractivity contribution in [3.63, 3.8) is 0 Å². The number of carbonyl (C=O) groups excluding carboxylic acids is 1. The van der Waals surface area contributed by atoms with Gasteiger partial charge in [0.25, 0.3) is 0 Å². The van der Waals surface area contributed by atoms with E-state index in [0.29, 0.717) is 19.4 Å². The molecule has 0 bridgehead atoms. The van der Waals surface area contributed by atoms with Gasteiger partial charge in [-0.25, -0.2) is 12.8 Å². The van der Waals surface area contributed by atoms with Crippen molar-refractivity contribution in [1.29, 1.82) is 0 Å². The Morgan fingerprint density at radius 3 is 2.61 bits per heavy atom. The van der Waals surface area contributed by atoms with Crippen molar-refractivity contribution in [3.05, 3.63) is 30.1 Å². The summed E-state index contributed by atoms with van der Waals surface area (Å²) < 4.78 is 40.9. The third kappa shape index (κ3) is 2.76. The van der Waals surface area contributed by atoms with Crippen LogP contribution in [0.5, 0.6) is 0 Å². The highest BCUT2D eigenvalue weighted by Crippen LogP contribution is 2.37. The van der Waals surface area contributed by atoms with Gasteiger partial charge in [-0.2, -0.15) is 4.31 Å². The number of nitrogens with zero attached hydrogens (tertiary/aromatic N) is 2. The number of hydrogen-bond donors (Lipinski definition) is 0. The van der Waals surface area contributed by atoms with Crippen molar-refractivity contribution in [1.82, 2.24) is 9.21 Å². The van der Waals surface area contributed by atoms with E-state index in [1.807, 2.05) is 0 Å². The highest BCUT2D eigenvalue weighted by atomic mass is 32.2. The summed E-state index contributed by atoms with van der Waals surface area (Å²) in [5.41, 5.74) is -0.452. The SMILES string of the molecule is CN1C(=O)CCC[C@@]12CCCN(S(=O)(=O)c1ccccc1F)C2. The lowest BCUT2D eigenvalue weighted by Crippen LogP contribution is -2.61. The summed E-state index contributed by atoms with van der Waals surface area (Å²) in [7, 11) is -2.14. The van der Waals surface area contributed by atoms with E-state index in [0.717, 1.165) is 25.3 Å². The second-order valence-corrected chi connectivity index (χ2v) is 8.31. The molecule has 0 unspecified atom stereocenters. The number of amides is 1. The molecule has 23 heavy (non-hydrogen) atoms. The number of likely N-dealkylation sites (N-methyl/N-ethyl adjacent to an activating group) is 1. The third-order valence-corrected chi connectivity index (χ3v) is 6.97. The number of likely N-dealkylation sites (tertiary alicyclic amines) is 1. The highest BCUT2D eigenvalue weighted by Gasteiger charge is 2.46. The van der Waals surface area contributed by atoms with Crippen molar-refractivity contribution in [2.45, 2.75) is 42.5 Å². The van der Waals surface area contributed by atoms with Crippen LogP contribution in [-0.2, 0) is 14.8 Å². The van der Waals surface area contributed by atoms with E-state index in [2.05, 4.69) is 0 Å². The van der Waals surface area contributed by atoms with Crippen LogP contribution in [0.15, 0.2) is 29.2 Å². The number of rotatable bonds is 2. The quantitative estimate of drug-likeness (QED) is 0.827. The van der Waals surface area contributed by atoms with Crippen molar-refractivity contribution in [2.24, 2.45) is 0 Å². The molecule has 2 fully saturated rings. The van der Waals surface area contributed by atoms with Gasteiger partial charge in [-0.15, -0.1) is 0 Å². The Hall–Kier alpha value is -1.47. The summed E-state index contributed by atoms with van der Waals surface area (Å²) in [6.45, 7) is 0.604. The smallest absolute Gasteiger partial charge is 0.246 e. The van der Waals surface area contributed by atoms with Crippen LogP contribution in [0.4, 0.5) is 4.39 Å². The molecule has 126 valence electrons. The minimum absolute atomic E-state index is 0.0568. The Balaban J connectivity index is 1.92. The topological polar surface area (TPSA) is 57.7 Å². The van der Waals surface area contributed by atoms with Gasteiger partial charge in [0.15, 0.2) is 0 Å². The van der Waals surface area contributed by atoms with Gasteiger partial charge in [0.2, 0.25) is 15.9 Å². The molecule has 1 amide bonds. The van der Waals surface area contributed by atoms with E-state index >= 15 is 0 Å². The first-order chi connectivity index (χ1) is 10.9. The Labute approximate surface area is 136 Å². The first-order valence-corrected chi connectivity index (χ1v) is 9.32. The van der Waals surface area contributed by atoms with Crippen molar-refractivity contribution >= 4 is 15.9 Å². The zero-order valence-corrected chi connectivity index (χ0v) is 14.0. The molecule has 1 aromatic carbocycles. The molecule has 0 aromatic heterocycles. The Kier molecular flexibility index (Phi) is 4.18. The summed E-state index contributed by atoms with van der Waals surface area (Å²) in [6, 6.07) is 5.44. The fraction of sp³-hybridized carbons (Fsp3) is 0.562. The Morgan fingerprint density at radius 2 is 1.87 bits per heavy atom. The van der Waals surface area contributed by atoms with Gasteiger partial charge in [-0.1, -0.05) is 12.1 Å². The van der Waals surface area contributed by atoms with Crippen LogP contribution in [-0.4, -0.2) is 49.2 Å². The largest absolute Gasteiger partial charge is 0.339 e. The van der Waals surface area contributed by atoms with Gasteiger partial charge in [-0.05, 0) is 37.8 Å². The molecular weight excluding hydrogens is 319 g/mol. The molecule has 1 spiro atoms. The lowest BCUT2D eigenvalue weighted by atomic mass is 9.81. The first-order valence-electron chi connectivity index (χ1n) is 7.88. The van der Waals surface area contributed by atoms with E-state index in [1.54, 1.807) is 11.9 Å². The molecule has 2 aliphatic heterocycles. The summed E-state index contributed by atoms with van der Waals surface area (Å²) >= 11 is 0. The van der Waals surface area contributed by atoms with Crippen LogP contribution in [0, 0.1) is 5.82 Å². The zero-order valence-electron chi connectivity index (χ0n) is 13.2. The molecule has 3 rings (SSSR count). The Morgan fingerprint density at radius 1 is 1.17 bits per heavy atom. The van der Waals surface area contributed by atoms with Gasteiger partial charge in [0, 0.05) is 26.6 Å². The van der Waals surface area contributed by atoms with Crippen molar-refractivity contribution < 1.29 is 17.6 Å². The molecular formula is C16H21FN2O3S.